The van der Waals surface area contributed by atoms with Crippen molar-refractivity contribution in [2.24, 2.45) is 11.8 Å². The zero-order valence-corrected chi connectivity index (χ0v) is 11.1. The predicted octanol–water partition coefficient (Wildman–Crippen LogP) is 3.79. The standard InChI is InChI=1S/C12H16BrNS/c13-11-6-5-10(15-11)7-14-12(8-1-2-8)9-3-4-9/h5-6,8-9,12,14H,1-4,7H2. The highest BCUT2D eigenvalue weighted by atomic mass is 79.9. The first kappa shape index (κ1) is 10.3. The van der Waals surface area contributed by atoms with E-state index >= 15 is 0 Å². The van der Waals surface area contributed by atoms with Crippen LogP contribution in [0, 0.1) is 11.8 Å². The molecule has 1 heterocycles. The topological polar surface area (TPSA) is 12.0 Å². The Morgan fingerprint density at radius 3 is 2.40 bits per heavy atom. The van der Waals surface area contributed by atoms with Crippen molar-refractivity contribution in [1.82, 2.24) is 5.32 Å². The van der Waals surface area contributed by atoms with Gasteiger partial charge in [-0.2, -0.15) is 0 Å². The van der Waals surface area contributed by atoms with Gasteiger partial charge in [-0.05, 0) is 65.6 Å². The third kappa shape index (κ3) is 2.63. The maximum Gasteiger partial charge on any atom is 0.0701 e. The van der Waals surface area contributed by atoms with Gasteiger partial charge in [0.25, 0.3) is 0 Å². The molecule has 0 atom stereocenters. The largest absolute Gasteiger partial charge is 0.309 e. The molecule has 1 aromatic heterocycles. The van der Waals surface area contributed by atoms with E-state index in [0.717, 1.165) is 24.4 Å². The van der Waals surface area contributed by atoms with Crippen LogP contribution < -0.4 is 5.32 Å². The first-order valence-electron chi connectivity index (χ1n) is 5.80. The highest BCUT2D eigenvalue weighted by Gasteiger charge is 2.40. The summed E-state index contributed by atoms with van der Waals surface area (Å²) in [6.07, 6.45) is 5.84. The molecule has 3 rings (SSSR count). The van der Waals surface area contributed by atoms with Crippen LogP contribution in [0.3, 0.4) is 0 Å². The highest BCUT2D eigenvalue weighted by molar-refractivity contribution is 9.11. The summed E-state index contributed by atoms with van der Waals surface area (Å²) in [5.74, 6) is 2.00. The molecule has 0 aromatic carbocycles. The van der Waals surface area contributed by atoms with Crippen LogP contribution in [0.25, 0.3) is 0 Å². The van der Waals surface area contributed by atoms with Crippen molar-refractivity contribution in [1.29, 1.82) is 0 Å². The van der Waals surface area contributed by atoms with Crippen molar-refractivity contribution in [3.8, 4) is 0 Å². The quantitative estimate of drug-likeness (QED) is 0.868. The Kier molecular flexibility index (Phi) is 2.88. The lowest BCUT2D eigenvalue weighted by Gasteiger charge is -2.16. The van der Waals surface area contributed by atoms with Crippen LogP contribution in [0.5, 0.6) is 0 Å². The summed E-state index contributed by atoms with van der Waals surface area (Å²) >= 11 is 5.36. The number of halogens is 1. The molecule has 1 nitrogen and oxygen atoms in total. The molecule has 2 aliphatic rings. The summed E-state index contributed by atoms with van der Waals surface area (Å²) in [7, 11) is 0. The van der Waals surface area contributed by atoms with Gasteiger partial charge < -0.3 is 5.32 Å². The lowest BCUT2D eigenvalue weighted by molar-refractivity contribution is 0.417. The lowest BCUT2D eigenvalue weighted by Crippen LogP contribution is -2.32. The van der Waals surface area contributed by atoms with E-state index in [1.807, 2.05) is 11.3 Å². The minimum absolute atomic E-state index is 0.825. The van der Waals surface area contributed by atoms with E-state index in [9.17, 15) is 0 Å². The molecule has 15 heavy (non-hydrogen) atoms. The van der Waals surface area contributed by atoms with Crippen LogP contribution in [-0.4, -0.2) is 6.04 Å². The molecule has 1 N–H and O–H groups in total. The maximum atomic E-state index is 3.76. The Morgan fingerprint density at radius 2 is 1.93 bits per heavy atom. The predicted molar refractivity (Wildman–Crippen MR) is 68.1 cm³/mol. The zero-order valence-electron chi connectivity index (χ0n) is 8.71. The van der Waals surface area contributed by atoms with E-state index in [2.05, 4.69) is 33.4 Å². The highest BCUT2D eigenvalue weighted by Crippen LogP contribution is 2.44. The van der Waals surface area contributed by atoms with Gasteiger partial charge in [-0.15, -0.1) is 11.3 Å². The van der Waals surface area contributed by atoms with Crippen LogP contribution >= 0.6 is 27.3 Å². The Hall–Kier alpha value is 0.140. The Balaban J connectivity index is 1.55. The van der Waals surface area contributed by atoms with Gasteiger partial charge in [-0.1, -0.05) is 0 Å². The molecule has 0 radical (unpaired) electrons. The molecular weight excluding hydrogens is 270 g/mol. The fraction of sp³-hybridized carbons (Fsp3) is 0.667. The Labute approximate surface area is 103 Å². The van der Waals surface area contributed by atoms with Crippen LogP contribution in [0.15, 0.2) is 15.9 Å². The van der Waals surface area contributed by atoms with Gasteiger partial charge >= 0.3 is 0 Å². The molecule has 2 aliphatic carbocycles. The molecule has 82 valence electrons. The van der Waals surface area contributed by atoms with E-state index in [1.54, 1.807) is 0 Å². The maximum absolute atomic E-state index is 3.76. The molecule has 2 saturated carbocycles. The number of hydrogen-bond donors (Lipinski definition) is 1. The van der Waals surface area contributed by atoms with Crippen molar-refractivity contribution in [3.05, 3.63) is 20.8 Å². The van der Waals surface area contributed by atoms with Crippen molar-refractivity contribution < 1.29 is 0 Å². The second-order valence-electron chi connectivity index (χ2n) is 4.79. The van der Waals surface area contributed by atoms with Crippen LogP contribution in [-0.2, 0) is 6.54 Å². The van der Waals surface area contributed by atoms with E-state index < -0.39 is 0 Å². The van der Waals surface area contributed by atoms with E-state index in [0.29, 0.717) is 0 Å². The number of hydrogen-bond acceptors (Lipinski definition) is 2. The second kappa shape index (κ2) is 4.19. The molecule has 2 fully saturated rings. The van der Waals surface area contributed by atoms with Crippen molar-refractivity contribution in [3.63, 3.8) is 0 Å². The van der Waals surface area contributed by atoms with Crippen molar-refractivity contribution in [2.45, 2.75) is 38.3 Å². The second-order valence-corrected chi connectivity index (χ2v) is 7.33. The molecule has 0 bridgehead atoms. The van der Waals surface area contributed by atoms with Gasteiger partial charge in [0.05, 0.1) is 3.79 Å². The normalized spacial score (nSPS) is 21.2. The molecule has 0 aliphatic heterocycles. The summed E-state index contributed by atoms with van der Waals surface area (Å²) in [5.41, 5.74) is 0. The zero-order chi connectivity index (χ0) is 10.3. The van der Waals surface area contributed by atoms with E-state index in [4.69, 9.17) is 0 Å². The first-order valence-corrected chi connectivity index (χ1v) is 7.41. The van der Waals surface area contributed by atoms with Crippen LogP contribution in [0.4, 0.5) is 0 Å². The van der Waals surface area contributed by atoms with Gasteiger partial charge in [0, 0.05) is 17.5 Å². The first-order chi connectivity index (χ1) is 7.33. The minimum Gasteiger partial charge on any atom is -0.309 e. The van der Waals surface area contributed by atoms with Gasteiger partial charge in [-0.3, -0.25) is 0 Å². The summed E-state index contributed by atoms with van der Waals surface area (Å²) in [5, 5.41) is 3.76. The third-order valence-corrected chi connectivity index (χ3v) is 5.02. The Morgan fingerprint density at radius 1 is 1.27 bits per heavy atom. The fourth-order valence-corrected chi connectivity index (χ4v) is 3.73. The molecule has 1 aromatic rings. The number of nitrogens with one attached hydrogen (secondary N) is 1. The van der Waals surface area contributed by atoms with Gasteiger partial charge in [0.2, 0.25) is 0 Å². The summed E-state index contributed by atoms with van der Waals surface area (Å²) in [4.78, 5) is 1.45. The smallest absolute Gasteiger partial charge is 0.0701 e. The molecule has 0 spiro atoms. The monoisotopic (exact) mass is 285 g/mol. The van der Waals surface area contributed by atoms with Gasteiger partial charge in [0.1, 0.15) is 0 Å². The molecule has 0 unspecified atom stereocenters. The summed E-state index contributed by atoms with van der Waals surface area (Å²) in [6.45, 7) is 1.06. The average Bonchev–Trinajstić information content (AvgIpc) is 3.09. The van der Waals surface area contributed by atoms with E-state index in [1.165, 1.54) is 34.3 Å². The number of rotatable bonds is 5. The average molecular weight is 286 g/mol. The third-order valence-electron chi connectivity index (χ3n) is 3.40. The molecule has 0 amide bonds. The molecular formula is C12H16BrNS. The molecule has 0 saturated heterocycles. The van der Waals surface area contributed by atoms with Gasteiger partial charge in [0.15, 0.2) is 0 Å². The molecule has 3 heteroatoms. The van der Waals surface area contributed by atoms with Crippen LogP contribution in [0.1, 0.15) is 30.6 Å². The Bertz CT molecular complexity index is 329. The van der Waals surface area contributed by atoms with Crippen molar-refractivity contribution >= 4 is 27.3 Å². The van der Waals surface area contributed by atoms with E-state index in [-0.39, 0.29) is 0 Å². The minimum atomic E-state index is 0.825. The van der Waals surface area contributed by atoms with Gasteiger partial charge in [-0.25, -0.2) is 0 Å². The van der Waals surface area contributed by atoms with Crippen LogP contribution in [0.2, 0.25) is 0 Å². The summed E-state index contributed by atoms with van der Waals surface area (Å²) < 4.78 is 1.24. The van der Waals surface area contributed by atoms with Crippen molar-refractivity contribution in [2.75, 3.05) is 0 Å². The SMILES string of the molecule is Brc1ccc(CNC(C2CC2)C2CC2)s1. The number of thiophene rings is 1. The fourth-order valence-electron chi connectivity index (χ4n) is 2.29. The summed E-state index contributed by atoms with van der Waals surface area (Å²) in [6, 6.07) is 5.19. The lowest BCUT2D eigenvalue weighted by atomic mass is 10.1.